The van der Waals surface area contributed by atoms with E-state index in [2.05, 4.69) is 22.4 Å². The molecular formula is C12H17NO2S. The minimum Gasteiger partial charge on any atom is -0.481 e. The van der Waals surface area contributed by atoms with Gasteiger partial charge in [-0.3, -0.25) is 4.79 Å². The Bertz CT molecular complexity index is 350. The lowest BCUT2D eigenvalue weighted by molar-refractivity contribution is -0.142. The smallest absolute Gasteiger partial charge is 0.308 e. The number of likely N-dealkylation sites (tertiary alicyclic amines) is 1. The standard InChI is InChI=1S/C12H17NO2S/c1-9-7-13(8-11(9)12(14)15)5-4-10-3-2-6-16-10/h2-3,6,9,11H,4-5,7-8H2,1H3,(H,14,15)/t9-,11-/m1/s1. The summed E-state index contributed by atoms with van der Waals surface area (Å²) in [6, 6.07) is 4.20. The summed E-state index contributed by atoms with van der Waals surface area (Å²) in [4.78, 5) is 14.6. The number of carboxylic acids is 1. The molecule has 0 spiro atoms. The van der Waals surface area contributed by atoms with Crippen molar-refractivity contribution in [2.45, 2.75) is 13.3 Å². The number of rotatable bonds is 4. The highest BCUT2D eigenvalue weighted by Gasteiger charge is 2.34. The molecule has 0 bridgehead atoms. The van der Waals surface area contributed by atoms with Crippen molar-refractivity contribution in [2.75, 3.05) is 19.6 Å². The molecule has 1 aliphatic heterocycles. The van der Waals surface area contributed by atoms with E-state index in [0.29, 0.717) is 6.54 Å². The third-order valence-corrected chi connectivity index (χ3v) is 4.20. The molecule has 0 unspecified atom stereocenters. The average Bonchev–Trinajstić information content (AvgIpc) is 2.83. The molecule has 2 atom stereocenters. The first-order valence-electron chi connectivity index (χ1n) is 5.64. The summed E-state index contributed by atoms with van der Waals surface area (Å²) in [5.74, 6) is -0.546. The van der Waals surface area contributed by atoms with E-state index in [-0.39, 0.29) is 11.8 Å². The Morgan fingerprint density at radius 1 is 1.62 bits per heavy atom. The highest BCUT2D eigenvalue weighted by Crippen LogP contribution is 2.23. The topological polar surface area (TPSA) is 40.5 Å². The van der Waals surface area contributed by atoms with Gasteiger partial charge >= 0.3 is 5.97 Å². The van der Waals surface area contributed by atoms with Crippen LogP contribution in [-0.4, -0.2) is 35.6 Å². The molecule has 0 saturated carbocycles. The number of carboxylic acid groups (broad SMARTS) is 1. The van der Waals surface area contributed by atoms with Crippen LogP contribution in [0, 0.1) is 11.8 Å². The molecule has 2 heterocycles. The SMILES string of the molecule is C[C@@H]1CN(CCc2cccs2)C[C@H]1C(=O)O. The van der Waals surface area contributed by atoms with Gasteiger partial charge in [0, 0.05) is 24.5 Å². The van der Waals surface area contributed by atoms with Gasteiger partial charge in [-0.05, 0) is 23.8 Å². The molecule has 0 radical (unpaired) electrons. The van der Waals surface area contributed by atoms with Crippen LogP contribution in [0.15, 0.2) is 17.5 Å². The van der Waals surface area contributed by atoms with Crippen molar-refractivity contribution in [1.29, 1.82) is 0 Å². The maximum Gasteiger partial charge on any atom is 0.308 e. The van der Waals surface area contributed by atoms with Crippen LogP contribution < -0.4 is 0 Å². The number of thiophene rings is 1. The van der Waals surface area contributed by atoms with Crippen molar-refractivity contribution in [3.05, 3.63) is 22.4 Å². The fraction of sp³-hybridized carbons (Fsp3) is 0.583. The van der Waals surface area contributed by atoms with Crippen LogP contribution in [0.4, 0.5) is 0 Å². The Morgan fingerprint density at radius 3 is 3.00 bits per heavy atom. The molecular weight excluding hydrogens is 222 g/mol. The summed E-state index contributed by atoms with van der Waals surface area (Å²) in [5, 5.41) is 11.1. The third kappa shape index (κ3) is 2.62. The van der Waals surface area contributed by atoms with Crippen LogP contribution in [0.1, 0.15) is 11.8 Å². The summed E-state index contributed by atoms with van der Waals surface area (Å²) < 4.78 is 0. The van der Waals surface area contributed by atoms with Gasteiger partial charge < -0.3 is 10.0 Å². The van der Waals surface area contributed by atoms with E-state index in [0.717, 1.165) is 19.5 Å². The van der Waals surface area contributed by atoms with E-state index in [9.17, 15) is 4.79 Å². The molecule has 16 heavy (non-hydrogen) atoms. The minimum atomic E-state index is -0.647. The van der Waals surface area contributed by atoms with Crippen molar-refractivity contribution < 1.29 is 9.90 Å². The molecule has 1 saturated heterocycles. The second kappa shape index (κ2) is 4.97. The van der Waals surface area contributed by atoms with E-state index in [1.165, 1.54) is 4.88 Å². The number of aliphatic carboxylic acids is 1. The quantitative estimate of drug-likeness (QED) is 0.873. The van der Waals surface area contributed by atoms with Crippen LogP contribution in [0.3, 0.4) is 0 Å². The first kappa shape index (κ1) is 11.6. The Hall–Kier alpha value is -0.870. The molecule has 1 aromatic heterocycles. The second-order valence-corrected chi connectivity index (χ2v) is 5.54. The second-order valence-electron chi connectivity index (χ2n) is 4.51. The maximum atomic E-state index is 11.0. The summed E-state index contributed by atoms with van der Waals surface area (Å²) >= 11 is 1.77. The lowest BCUT2D eigenvalue weighted by atomic mass is 9.99. The third-order valence-electron chi connectivity index (χ3n) is 3.26. The highest BCUT2D eigenvalue weighted by atomic mass is 32.1. The number of carbonyl (C=O) groups is 1. The lowest BCUT2D eigenvalue weighted by Gasteiger charge is -2.14. The molecule has 2 rings (SSSR count). The van der Waals surface area contributed by atoms with Crippen LogP contribution >= 0.6 is 11.3 Å². The molecule has 1 fully saturated rings. The van der Waals surface area contributed by atoms with Crippen LogP contribution in [-0.2, 0) is 11.2 Å². The summed E-state index contributed by atoms with van der Waals surface area (Å²) in [6.45, 7) is 4.64. The van der Waals surface area contributed by atoms with E-state index >= 15 is 0 Å². The van der Waals surface area contributed by atoms with E-state index < -0.39 is 5.97 Å². The molecule has 0 aliphatic carbocycles. The largest absolute Gasteiger partial charge is 0.481 e. The monoisotopic (exact) mass is 239 g/mol. The Labute approximate surface area is 99.7 Å². The summed E-state index contributed by atoms with van der Waals surface area (Å²) in [6.07, 6.45) is 1.04. The fourth-order valence-corrected chi connectivity index (χ4v) is 2.99. The van der Waals surface area contributed by atoms with E-state index in [1.54, 1.807) is 11.3 Å². The Balaban J connectivity index is 1.82. The summed E-state index contributed by atoms with van der Waals surface area (Å²) in [7, 11) is 0. The van der Waals surface area contributed by atoms with Gasteiger partial charge in [0.05, 0.1) is 5.92 Å². The Kier molecular flexibility index (Phi) is 3.61. The Morgan fingerprint density at radius 2 is 2.44 bits per heavy atom. The maximum absolute atomic E-state index is 11.0. The van der Waals surface area contributed by atoms with Gasteiger partial charge in [-0.15, -0.1) is 11.3 Å². The normalized spacial score (nSPS) is 26.1. The van der Waals surface area contributed by atoms with Gasteiger partial charge in [-0.25, -0.2) is 0 Å². The van der Waals surface area contributed by atoms with Gasteiger partial charge in [-0.1, -0.05) is 13.0 Å². The van der Waals surface area contributed by atoms with Crippen molar-refractivity contribution in [1.82, 2.24) is 4.90 Å². The lowest BCUT2D eigenvalue weighted by Crippen LogP contribution is -2.25. The highest BCUT2D eigenvalue weighted by molar-refractivity contribution is 7.09. The van der Waals surface area contributed by atoms with Crippen LogP contribution in [0.2, 0.25) is 0 Å². The zero-order chi connectivity index (χ0) is 11.5. The number of nitrogens with zero attached hydrogens (tertiary/aromatic N) is 1. The van der Waals surface area contributed by atoms with E-state index in [4.69, 9.17) is 5.11 Å². The van der Waals surface area contributed by atoms with E-state index in [1.807, 2.05) is 6.92 Å². The summed E-state index contributed by atoms with van der Waals surface area (Å²) in [5.41, 5.74) is 0. The van der Waals surface area contributed by atoms with Gasteiger partial charge in [0.1, 0.15) is 0 Å². The molecule has 0 amide bonds. The molecule has 3 nitrogen and oxygen atoms in total. The molecule has 1 aliphatic rings. The van der Waals surface area contributed by atoms with Gasteiger partial charge in [0.2, 0.25) is 0 Å². The molecule has 4 heteroatoms. The first-order chi connectivity index (χ1) is 7.66. The van der Waals surface area contributed by atoms with Crippen LogP contribution in [0.5, 0.6) is 0 Å². The fourth-order valence-electron chi connectivity index (χ4n) is 2.29. The van der Waals surface area contributed by atoms with Gasteiger partial charge in [0.25, 0.3) is 0 Å². The molecule has 1 aromatic rings. The van der Waals surface area contributed by atoms with Crippen molar-refractivity contribution in [3.8, 4) is 0 Å². The van der Waals surface area contributed by atoms with Crippen molar-refractivity contribution >= 4 is 17.3 Å². The minimum absolute atomic E-state index is 0.177. The predicted molar refractivity (Wildman–Crippen MR) is 64.8 cm³/mol. The van der Waals surface area contributed by atoms with Crippen molar-refractivity contribution in [3.63, 3.8) is 0 Å². The zero-order valence-corrected chi connectivity index (χ0v) is 10.2. The first-order valence-corrected chi connectivity index (χ1v) is 6.52. The van der Waals surface area contributed by atoms with Crippen molar-refractivity contribution in [2.24, 2.45) is 11.8 Å². The molecule has 1 N–H and O–H groups in total. The number of hydrogen-bond acceptors (Lipinski definition) is 3. The molecule has 0 aromatic carbocycles. The predicted octanol–water partition coefficient (Wildman–Crippen LogP) is 1.94. The number of hydrogen-bond donors (Lipinski definition) is 1. The van der Waals surface area contributed by atoms with Gasteiger partial charge in [0.15, 0.2) is 0 Å². The average molecular weight is 239 g/mol. The van der Waals surface area contributed by atoms with Gasteiger partial charge in [-0.2, -0.15) is 0 Å². The van der Waals surface area contributed by atoms with Crippen LogP contribution in [0.25, 0.3) is 0 Å². The molecule has 88 valence electrons. The zero-order valence-electron chi connectivity index (χ0n) is 9.43.